The van der Waals surface area contributed by atoms with E-state index < -0.39 is 6.03 Å². The Morgan fingerprint density at radius 1 is 1.19 bits per heavy atom. The van der Waals surface area contributed by atoms with E-state index in [1.807, 2.05) is 37.3 Å². The van der Waals surface area contributed by atoms with Crippen LogP contribution in [-0.4, -0.2) is 21.0 Å². The quantitative estimate of drug-likeness (QED) is 0.753. The second kappa shape index (κ2) is 5.16. The Bertz CT molecular complexity index is 831. The van der Waals surface area contributed by atoms with Gasteiger partial charge in [-0.05, 0) is 30.7 Å². The van der Waals surface area contributed by atoms with Crippen molar-refractivity contribution in [3.63, 3.8) is 0 Å². The van der Waals surface area contributed by atoms with Crippen molar-refractivity contribution >= 4 is 22.8 Å². The highest BCUT2D eigenvalue weighted by atomic mass is 16.2. The van der Waals surface area contributed by atoms with Crippen molar-refractivity contribution in [2.24, 2.45) is 5.73 Å². The highest BCUT2D eigenvalue weighted by Crippen LogP contribution is 2.26. The molecule has 0 saturated carbocycles. The van der Waals surface area contributed by atoms with Crippen LogP contribution in [0.25, 0.3) is 22.3 Å². The number of rotatable bonds is 2. The minimum absolute atomic E-state index is 0.334. The van der Waals surface area contributed by atoms with E-state index in [4.69, 9.17) is 5.73 Å². The number of primary amides is 1. The van der Waals surface area contributed by atoms with Gasteiger partial charge in [0.2, 0.25) is 0 Å². The van der Waals surface area contributed by atoms with E-state index in [9.17, 15) is 4.79 Å². The molecule has 2 amide bonds. The number of hydrogen-bond donors (Lipinski definition) is 2. The molecule has 0 radical (unpaired) electrons. The number of hydrogen-bond acceptors (Lipinski definition) is 4. The predicted octanol–water partition coefficient (Wildman–Crippen LogP) is 2.49. The summed E-state index contributed by atoms with van der Waals surface area (Å²) in [5, 5.41) is 3.37. The van der Waals surface area contributed by atoms with Crippen molar-refractivity contribution in [1.29, 1.82) is 0 Å². The minimum atomic E-state index is -0.677. The van der Waals surface area contributed by atoms with Gasteiger partial charge in [0, 0.05) is 17.8 Å². The Kier molecular flexibility index (Phi) is 3.19. The molecule has 0 spiro atoms. The zero-order valence-corrected chi connectivity index (χ0v) is 11.4. The van der Waals surface area contributed by atoms with Gasteiger partial charge in [-0.15, -0.1) is 0 Å². The molecule has 6 nitrogen and oxygen atoms in total. The number of nitrogens with zero attached hydrogens (tertiary/aromatic N) is 3. The predicted molar refractivity (Wildman–Crippen MR) is 80.7 cm³/mol. The topological polar surface area (TPSA) is 93.8 Å². The molecule has 21 heavy (non-hydrogen) atoms. The largest absolute Gasteiger partial charge is 0.351 e. The van der Waals surface area contributed by atoms with Crippen molar-refractivity contribution < 1.29 is 4.79 Å². The first-order chi connectivity index (χ1) is 10.1. The normalized spacial score (nSPS) is 10.5. The van der Waals surface area contributed by atoms with Crippen LogP contribution >= 0.6 is 0 Å². The van der Waals surface area contributed by atoms with Gasteiger partial charge >= 0.3 is 6.03 Å². The van der Waals surface area contributed by atoms with Crippen LogP contribution in [0.5, 0.6) is 0 Å². The molecule has 0 aromatic carbocycles. The highest BCUT2D eigenvalue weighted by molar-refractivity contribution is 5.98. The van der Waals surface area contributed by atoms with E-state index >= 15 is 0 Å². The van der Waals surface area contributed by atoms with Crippen LogP contribution in [0.1, 0.15) is 5.56 Å². The lowest BCUT2D eigenvalue weighted by Gasteiger charge is -2.09. The SMILES string of the molecule is Cc1cccnc1-c1cc2cccnc2c(NC(N)=O)n1. The summed E-state index contributed by atoms with van der Waals surface area (Å²) < 4.78 is 0. The lowest BCUT2D eigenvalue weighted by atomic mass is 10.1. The van der Waals surface area contributed by atoms with Crippen molar-refractivity contribution in [3.05, 3.63) is 48.3 Å². The molecule has 6 heteroatoms. The number of aromatic nitrogens is 3. The number of fused-ring (bicyclic) bond motifs is 1. The summed E-state index contributed by atoms with van der Waals surface area (Å²) >= 11 is 0. The van der Waals surface area contributed by atoms with E-state index in [1.165, 1.54) is 0 Å². The summed E-state index contributed by atoms with van der Waals surface area (Å²) in [6.45, 7) is 1.96. The standard InChI is InChI=1S/C15H13N5O/c1-9-4-2-6-17-12(9)11-8-10-5-3-7-18-13(10)14(19-11)20-15(16)21/h2-8H,1H3,(H3,16,19,20,21). The molecule has 0 aliphatic rings. The summed E-state index contributed by atoms with van der Waals surface area (Å²) in [5.74, 6) is 0.334. The van der Waals surface area contributed by atoms with Gasteiger partial charge in [-0.25, -0.2) is 9.78 Å². The van der Waals surface area contributed by atoms with Gasteiger partial charge in [0.1, 0.15) is 5.52 Å². The molecule has 0 bridgehead atoms. The van der Waals surface area contributed by atoms with E-state index in [1.54, 1.807) is 12.4 Å². The fraction of sp³-hybridized carbons (Fsp3) is 0.0667. The fourth-order valence-electron chi connectivity index (χ4n) is 2.16. The van der Waals surface area contributed by atoms with Gasteiger partial charge in [0.05, 0.1) is 11.4 Å². The van der Waals surface area contributed by atoms with Gasteiger partial charge in [-0.3, -0.25) is 15.3 Å². The highest BCUT2D eigenvalue weighted by Gasteiger charge is 2.12. The molecule has 0 fully saturated rings. The monoisotopic (exact) mass is 279 g/mol. The van der Waals surface area contributed by atoms with Gasteiger partial charge in [-0.2, -0.15) is 0 Å². The second-order valence-corrected chi connectivity index (χ2v) is 4.59. The fourth-order valence-corrected chi connectivity index (χ4v) is 2.16. The first-order valence-electron chi connectivity index (χ1n) is 6.39. The Morgan fingerprint density at radius 3 is 2.71 bits per heavy atom. The summed E-state index contributed by atoms with van der Waals surface area (Å²) in [5.41, 5.74) is 8.21. The molecular weight excluding hydrogens is 266 g/mol. The minimum Gasteiger partial charge on any atom is -0.351 e. The summed E-state index contributed by atoms with van der Waals surface area (Å²) in [7, 11) is 0. The summed E-state index contributed by atoms with van der Waals surface area (Å²) in [4.78, 5) is 24.2. The average Bonchev–Trinajstić information content (AvgIpc) is 2.47. The third-order valence-electron chi connectivity index (χ3n) is 3.08. The first-order valence-corrected chi connectivity index (χ1v) is 6.39. The van der Waals surface area contributed by atoms with Crippen molar-refractivity contribution in [2.75, 3.05) is 5.32 Å². The van der Waals surface area contributed by atoms with Crippen molar-refractivity contribution in [1.82, 2.24) is 15.0 Å². The van der Waals surface area contributed by atoms with Crippen LogP contribution in [0, 0.1) is 6.92 Å². The molecule has 0 atom stereocenters. The first kappa shape index (κ1) is 13.0. The van der Waals surface area contributed by atoms with E-state index in [-0.39, 0.29) is 0 Å². The van der Waals surface area contributed by atoms with Gasteiger partial charge in [0.15, 0.2) is 5.82 Å². The number of urea groups is 1. The van der Waals surface area contributed by atoms with Gasteiger partial charge in [0.25, 0.3) is 0 Å². The van der Waals surface area contributed by atoms with Crippen molar-refractivity contribution in [2.45, 2.75) is 6.92 Å². The smallest absolute Gasteiger partial charge is 0.317 e. The number of nitrogens with one attached hydrogen (secondary N) is 1. The molecule has 3 aromatic rings. The second-order valence-electron chi connectivity index (χ2n) is 4.59. The third-order valence-corrected chi connectivity index (χ3v) is 3.08. The molecule has 0 saturated heterocycles. The number of carbonyl (C=O) groups excluding carboxylic acids is 1. The molecule has 104 valence electrons. The number of aryl methyl sites for hydroxylation is 1. The summed E-state index contributed by atoms with van der Waals surface area (Å²) in [6, 6.07) is 8.76. The number of anilines is 1. The lowest BCUT2D eigenvalue weighted by molar-refractivity contribution is 0.259. The molecule has 3 rings (SSSR count). The lowest BCUT2D eigenvalue weighted by Crippen LogP contribution is -2.20. The summed E-state index contributed by atoms with van der Waals surface area (Å²) in [6.07, 6.45) is 3.35. The number of pyridine rings is 3. The van der Waals surface area contributed by atoms with Crippen LogP contribution < -0.4 is 11.1 Å². The molecule has 3 heterocycles. The molecule has 0 aliphatic heterocycles. The Morgan fingerprint density at radius 2 is 1.95 bits per heavy atom. The van der Waals surface area contributed by atoms with E-state index in [0.717, 1.165) is 16.6 Å². The average molecular weight is 279 g/mol. The van der Waals surface area contributed by atoms with Crippen molar-refractivity contribution in [3.8, 4) is 11.4 Å². The maximum atomic E-state index is 11.2. The number of carbonyl (C=O) groups is 1. The molecule has 3 N–H and O–H groups in total. The zero-order valence-electron chi connectivity index (χ0n) is 11.4. The maximum Gasteiger partial charge on any atom is 0.317 e. The van der Waals surface area contributed by atoms with E-state index in [2.05, 4.69) is 20.3 Å². The zero-order chi connectivity index (χ0) is 14.8. The Balaban J connectivity index is 2.25. The van der Waals surface area contributed by atoms with Crippen LogP contribution in [-0.2, 0) is 0 Å². The van der Waals surface area contributed by atoms with Gasteiger partial charge in [-0.1, -0.05) is 12.1 Å². The number of nitrogens with two attached hydrogens (primary N) is 1. The Labute approximate surface area is 121 Å². The van der Waals surface area contributed by atoms with Crippen LogP contribution in [0.2, 0.25) is 0 Å². The Hall–Kier alpha value is -3.02. The maximum absolute atomic E-state index is 11.2. The van der Waals surface area contributed by atoms with Crippen LogP contribution in [0.4, 0.5) is 10.6 Å². The molecular formula is C15H13N5O. The molecule has 0 aliphatic carbocycles. The number of amides is 2. The molecule has 0 unspecified atom stereocenters. The third kappa shape index (κ3) is 2.51. The van der Waals surface area contributed by atoms with Gasteiger partial charge < -0.3 is 5.73 Å². The van der Waals surface area contributed by atoms with E-state index in [0.29, 0.717) is 17.0 Å². The van der Waals surface area contributed by atoms with Crippen LogP contribution in [0.3, 0.4) is 0 Å². The van der Waals surface area contributed by atoms with Crippen LogP contribution in [0.15, 0.2) is 42.7 Å². The molecule has 3 aromatic heterocycles.